The largest absolute Gasteiger partial charge is 0.458 e. The van der Waals surface area contributed by atoms with E-state index in [9.17, 15) is 9.59 Å². The second kappa shape index (κ2) is 16.5. The van der Waals surface area contributed by atoms with Crippen molar-refractivity contribution in [2.45, 2.75) is 90.4 Å². The fourth-order valence-corrected chi connectivity index (χ4v) is 2.41. The predicted octanol–water partition coefficient (Wildman–Crippen LogP) is 4.15. The van der Waals surface area contributed by atoms with Crippen LogP contribution >= 0.6 is 0 Å². The monoisotopic (exact) mass is 313 g/mol. The summed E-state index contributed by atoms with van der Waals surface area (Å²) in [4.78, 5) is 22.6. The maximum atomic E-state index is 11.5. The Morgan fingerprint density at radius 3 is 1.77 bits per heavy atom. The highest BCUT2D eigenvalue weighted by Crippen LogP contribution is 2.12. The zero-order valence-corrected chi connectivity index (χ0v) is 14.4. The number of unbranched alkanes of at least 4 members (excludes halogenated alkanes) is 10. The molecule has 0 amide bonds. The number of rotatable bonds is 16. The lowest BCUT2D eigenvalue weighted by molar-refractivity contribution is -0.147. The van der Waals surface area contributed by atoms with Crippen molar-refractivity contribution in [1.29, 1.82) is 0 Å². The second-order valence-electron chi connectivity index (χ2n) is 6.02. The van der Waals surface area contributed by atoms with E-state index in [0.29, 0.717) is 6.42 Å². The Morgan fingerprint density at radius 2 is 1.27 bits per heavy atom. The molecule has 0 aromatic heterocycles. The van der Waals surface area contributed by atoms with Gasteiger partial charge in [0, 0.05) is 13.0 Å². The normalized spacial score (nSPS) is 10.6. The summed E-state index contributed by atoms with van der Waals surface area (Å²) in [5.74, 6) is -0.365. The van der Waals surface area contributed by atoms with E-state index < -0.39 is 0 Å². The lowest BCUT2D eigenvalue weighted by Crippen LogP contribution is -2.16. The van der Waals surface area contributed by atoms with Gasteiger partial charge in [0.15, 0.2) is 5.78 Å². The average Bonchev–Trinajstić information content (AvgIpc) is 2.51. The molecule has 130 valence electrons. The van der Waals surface area contributed by atoms with E-state index in [4.69, 9.17) is 10.5 Å². The summed E-state index contributed by atoms with van der Waals surface area (Å²) in [5, 5.41) is 0. The summed E-state index contributed by atoms with van der Waals surface area (Å²) in [6.07, 6.45) is 14.7. The van der Waals surface area contributed by atoms with Gasteiger partial charge in [0.25, 0.3) is 0 Å². The van der Waals surface area contributed by atoms with Crippen molar-refractivity contribution < 1.29 is 14.3 Å². The van der Waals surface area contributed by atoms with E-state index in [1.54, 1.807) is 0 Å². The van der Waals surface area contributed by atoms with Gasteiger partial charge in [-0.1, -0.05) is 71.1 Å². The first-order chi connectivity index (χ1) is 10.7. The van der Waals surface area contributed by atoms with Crippen molar-refractivity contribution >= 4 is 11.8 Å². The van der Waals surface area contributed by atoms with E-state index in [1.165, 1.54) is 57.8 Å². The quantitative estimate of drug-likeness (QED) is 0.343. The zero-order chi connectivity index (χ0) is 16.5. The summed E-state index contributed by atoms with van der Waals surface area (Å²) >= 11 is 0. The van der Waals surface area contributed by atoms with Gasteiger partial charge in [0.05, 0.1) is 6.42 Å². The van der Waals surface area contributed by atoms with Crippen LogP contribution in [0.1, 0.15) is 90.4 Å². The number of hydrogen-bond acceptors (Lipinski definition) is 4. The van der Waals surface area contributed by atoms with Crippen LogP contribution in [0.2, 0.25) is 0 Å². The lowest BCUT2D eigenvalue weighted by atomic mass is 10.0. The van der Waals surface area contributed by atoms with Gasteiger partial charge < -0.3 is 10.5 Å². The molecule has 0 unspecified atom stereocenters. The van der Waals surface area contributed by atoms with Crippen molar-refractivity contribution in [2.75, 3.05) is 13.2 Å². The van der Waals surface area contributed by atoms with Gasteiger partial charge in [-0.2, -0.15) is 0 Å². The van der Waals surface area contributed by atoms with Gasteiger partial charge in [0.1, 0.15) is 6.61 Å². The first-order valence-electron chi connectivity index (χ1n) is 9.08. The van der Waals surface area contributed by atoms with Crippen molar-refractivity contribution in [2.24, 2.45) is 5.73 Å². The Morgan fingerprint density at radius 1 is 0.773 bits per heavy atom. The molecule has 0 bridgehead atoms. The third-order valence-electron chi connectivity index (χ3n) is 3.80. The molecule has 0 aliphatic carbocycles. The average molecular weight is 313 g/mol. The van der Waals surface area contributed by atoms with E-state index in [2.05, 4.69) is 6.92 Å². The van der Waals surface area contributed by atoms with Crippen molar-refractivity contribution in [3.8, 4) is 0 Å². The zero-order valence-electron chi connectivity index (χ0n) is 14.4. The van der Waals surface area contributed by atoms with Crippen LogP contribution in [-0.4, -0.2) is 24.9 Å². The van der Waals surface area contributed by atoms with Crippen LogP contribution in [0.5, 0.6) is 0 Å². The highest BCUT2D eigenvalue weighted by molar-refractivity contribution is 5.82. The number of carbonyl (C=O) groups is 2. The molecule has 0 saturated heterocycles. The van der Waals surface area contributed by atoms with Crippen LogP contribution in [0.15, 0.2) is 0 Å². The van der Waals surface area contributed by atoms with Crippen LogP contribution in [0.3, 0.4) is 0 Å². The first kappa shape index (κ1) is 21.1. The smallest absolute Gasteiger partial charge is 0.307 e. The molecule has 2 N–H and O–H groups in total. The molecule has 0 aromatic carbocycles. The minimum absolute atomic E-state index is 0.0151. The van der Waals surface area contributed by atoms with Gasteiger partial charge in [-0.05, 0) is 6.42 Å². The molecule has 0 radical (unpaired) electrons. The Balaban J connectivity index is 3.22. The molecular weight excluding hydrogens is 278 g/mol. The molecule has 0 rings (SSSR count). The van der Waals surface area contributed by atoms with Crippen LogP contribution in [0.25, 0.3) is 0 Å². The number of Topliss-reactive ketones (excluding diaryl/α,β-unsaturated/α-hetero) is 1. The topological polar surface area (TPSA) is 69.4 Å². The molecule has 0 aliphatic heterocycles. The molecule has 0 spiro atoms. The van der Waals surface area contributed by atoms with Crippen LogP contribution in [-0.2, 0) is 14.3 Å². The maximum absolute atomic E-state index is 11.5. The van der Waals surface area contributed by atoms with E-state index in [0.717, 1.165) is 12.8 Å². The summed E-state index contributed by atoms with van der Waals surface area (Å²) in [6.45, 7) is 2.43. The van der Waals surface area contributed by atoms with Gasteiger partial charge in [0.2, 0.25) is 0 Å². The first-order valence-corrected chi connectivity index (χ1v) is 9.08. The molecule has 0 aliphatic rings. The van der Waals surface area contributed by atoms with Crippen molar-refractivity contribution in [3.63, 3.8) is 0 Å². The van der Waals surface area contributed by atoms with Crippen molar-refractivity contribution in [1.82, 2.24) is 0 Å². The SMILES string of the molecule is CCCCCCCCCCCCCC(=O)COC(=O)CCN. The Bertz CT molecular complexity index is 280. The lowest BCUT2D eigenvalue weighted by Gasteiger charge is -2.04. The minimum Gasteiger partial charge on any atom is -0.458 e. The van der Waals surface area contributed by atoms with E-state index >= 15 is 0 Å². The highest BCUT2D eigenvalue weighted by Gasteiger charge is 2.06. The van der Waals surface area contributed by atoms with Crippen molar-refractivity contribution in [3.05, 3.63) is 0 Å². The Hall–Kier alpha value is -0.900. The van der Waals surface area contributed by atoms with Gasteiger partial charge in [-0.3, -0.25) is 9.59 Å². The molecule has 0 heterocycles. The fraction of sp³-hybridized carbons (Fsp3) is 0.889. The molecule has 0 atom stereocenters. The second-order valence-corrected chi connectivity index (χ2v) is 6.02. The van der Waals surface area contributed by atoms with Crippen LogP contribution < -0.4 is 5.73 Å². The Kier molecular flexibility index (Phi) is 15.8. The maximum Gasteiger partial charge on any atom is 0.307 e. The number of nitrogens with two attached hydrogens (primary N) is 1. The van der Waals surface area contributed by atoms with Gasteiger partial charge in [-0.15, -0.1) is 0 Å². The molecule has 0 saturated carbocycles. The number of ether oxygens (including phenoxy) is 1. The minimum atomic E-state index is -0.380. The van der Waals surface area contributed by atoms with Crippen LogP contribution in [0, 0.1) is 0 Å². The fourth-order valence-electron chi connectivity index (χ4n) is 2.41. The molecule has 4 nitrogen and oxygen atoms in total. The molecule has 0 fully saturated rings. The summed E-state index contributed by atoms with van der Waals surface area (Å²) in [5.41, 5.74) is 5.23. The number of ketones is 1. The molecule has 0 aromatic rings. The number of esters is 1. The van der Waals surface area contributed by atoms with E-state index in [-0.39, 0.29) is 31.3 Å². The standard InChI is InChI=1S/C18H35NO3/c1-2-3-4-5-6-7-8-9-10-11-12-13-17(20)16-22-18(21)14-15-19/h2-16,19H2,1H3. The Labute approximate surface area is 136 Å². The summed E-state index contributed by atoms with van der Waals surface area (Å²) in [6, 6.07) is 0. The van der Waals surface area contributed by atoms with Gasteiger partial charge in [-0.25, -0.2) is 0 Å². The highest BCUT2D eigenvalue weighted by atomic mass is 16.5. The van der Waals surface area contributed by atoms with E-state index in [1.807, 2.05) is 0 Å². The summed E-state index contributed by atoms with van der Waals surface area (Å²) < 4.78 is 4.83. The molecule has 22 heavy (non-hydrogen) atoms. The molecule has 4 heteroatoms. The van der Waals surface area contributed by atoms with Crippen LogP contribution in [0.4, 0.5) is 0 Å². The summed E-state index contributed by atoms with van der Waals surface area (Å²) in [7, 11) is 0. The van der Waals surface area contributed by atoms with Gasteiger partial charge >= 0.3 is 5.97 Å². The molecular formula is C18H35NO3. The number of hydrogen-bond donors (Lipinski definition) is 1. The predicted molar refractivity (Wildman–Crippen MR) is 90.7 cm³/mol. The third kappa shape index (κ3) is 15.5. The third-order valence-corrected chi connectivity index (χ3v) is 3.80. The number of carbonyl (C=O) groups excluding carboxylic acids is 2.